The average Bonchev–Trinajstić information content (AvgIpc) is 3.75. The van der Waals surface area contributed by atoms with Gasteiger partial charge >= 0.3 is 0 Å². The first-order valence-corrected chi connectivity index (χ1v) is 16.3. The fourth-order valence-electron chi connectivity index (χ4n) is 7.20. The molecular weight excluding hydrogens is 550 g/mol. The molecule has 1 heterocycles. The number of benzene rings is 3. The lowest BCUT2D eigenvalue weighted by Gasteiger charge is -2.30. The molecule has 2 amide bonds. The van der Waals surface area contributed by atoms with Crippen LogP contribution in [0.3, 0.4) is 0 Å². The average molecular weight is 596 g/mol. The maximum Gasteiger partial charge on any atom is 0.251 e. The Hall–Kier alpha value is -3.68. The van der Waals surface area contributed by atoms with Gasteiger partial charge in [-0.1, -0.05) is 49.2 Å². The molecule has 2 fully saturated rings. The number of methoxy groups -OCH3 is 1. The van der Waals surface area contributed by atoms with Gasteiger partial charge in [0.15, 0.2) is 0 Å². The van der Waals surface area contributed by atoms with Gasteiger partial charge in [-0.2, -0.15) is 0 Å². The topological polar surface area (TPSA) is 90.9 Å². The molecule has 3 aromatic rings. The molecule has 3 aliphatic rings. The number of fused-ring (bicyclic) bond motifs is 1. The first-order chi connectivity index (χ1) is 21.5. The van der Waals surface area contributed by atoms with E-state index in [2.05, 4.69) is 28.8 Å². The van der Waals surface area contributed by atoms with Crippen molar-refractivity contribution < 1.29 is 19.4 Å². The maximum atomic E-state index is 13.9. The lowest BCUT2D eigenvalue weighted by molar-refractivity contribution is -0.117. The van der Waals surface area contributed by atoms with E-state index in [4.69, 9.17) is 4.74 Å². The van der Waals surface area contributed by atoms with E-state index in [1.165, 1.54) is 24.0 Å². The number of aliphatic hydroxyl groups is 1. The van der Waals surface area contributed by atoms with Gasteiger partial charge in [-0.15, -0.1) is 0 Å². The van der Waals surface area contributed by atoms with Crippen LogP contribution in [0.5, 0.6) is 5.75 Å². The molecule has 1 saturated carbocycles. The molecule has 7 heteroatoms. The summed E-state index contributed by atoms with van der Waals surface area (Å²) in [7, 11) is 1.69. The van der Waals surface area contributed by atoms with Crippen LogP contribution in [0.2, 0.25) is 0 Å². The van der Waals surface area contributed by atoms with Crippen molar-refractivity contribution >= 4 is 17.5 Å². The van der Waals surface area contributed by atoms with Crippen LogP contribution in [0.4, 0.5) is 5.69 Å². The standard InChI is InChI=1S/C37H45N3O4/c1-44-33-16-14-27-13-15-31(20-29(27)23-33)38-24-35(41)34(18-25-8-3-2-4-9-25)39-37(43)30-19-28(26-10-5-6-11-26)21-32(22-30)40-17-7-12-36(40)42/h2-4,8-9,14,16,19,21-23,26,31,34-35,38,41H,5-7,10-13,15,17-18,20,24H2,1H3,(H,39,43). The SMILES string of the molecule is COc1ccc2c(c1)CC(NCC(O)C(Cc1ccccc1)NC(=O)c1cc(C3CCCC3)cc(N3CCCC3=O)c1)CC2. The zero-order chi connectivity index (χ0) is 30.5. The second-order valence-corrected chi connectivity index (χ2v) is 12.8. The number of rotatable bonds is 11. The van der Waals surface area contributed by atoms with Gasteiger partial charge in [0.05, 0.1) is 19.3 Å². The van der Waals surface area contributed by atoms with Gasteiger partial charge in [-0.05, 0) is 103 Å². The largest absolute Gasteiger partial charge is 0.497 e. The number of ether oxygens (including phenoxy) is 1. The molecule has 7 nitrogen and oxygen atoms in total. The molecule has 232 valence electrons. The van der Waals surface area contributed by atoms with E-state index in [1.54, 1.807) is 7.11 Å². The molecule has 0 radical (unpaired) electrons. The van der Waals surface area contributed by atoms with E-state index in [0.717, 1.165) is 61.1 Å². The minimum Gasteiger partial charge on any atom is -0.497 e. The Balaban J connectivity index is 1.18. The van der Waals surface area contributed by atoms with Gasteiger partial charge in [0.2, 0.25) is 5.91 Å². The number of nitrogens with one attached hydrogen (secondary N) is 2. The highest BCUT2D eigenvalue weighted by atomic mass is 16.5. The zero-order valence-corrected chi connectivity index (χ0v) is 25.8. The molecular formula is C37H45N3O4. The maximum absolute atomic E-state index is 13.9. The van der Waals surface area contributed by atoms with Crippen LogP contribution >= 0.6 is 0 Å². The van der Waals surface area contributed by atoms with Crippen molar-refractivity contribution in [2.24, 2.45) is 0 Å². The van der Waals surface area contributed by atoms with Gasteiger partial charge in [0, 0.05) is 36.8 Å². The minimum absolute atomic E-state index is 0.118. The number of nitrogens with zero attached hydrogens (tertiary/aromatic N) is 1. The number of hydrogen-bond donors (Lipinski definition) is 3. The summed E-state index contributed by atoms with van der Waals surface area (Å²) >= 11 is 0. The number of aliphatic hydroxyl groups excluding tert-OH is 1. The van der Waals surface area contributed by atoms with Crippen molar-refractivity contribution in [2.45, 2.75) is 88.3 Å². The van der Waals surface area contributed by atoms with Crippen LogP contribution in [0.25, 0.3) is 0 Å². The Labute approximate surface area is 261 Å². The number of hydrogen-bond acceptors (Lipinski definition) is 5. The molecule has 2 aliphatic carbocycles. The second-order valence-electron chi connectivity index (χ2n) is 12.8. The van der Waals surface area contributed by atoms with Gasteiger partial charge in [-0.25, -0.2) is 0 Å². The summed E-state index contributed by atoms with van der Waals surface area (Å²) in [6, 6.07) is 22.0. The highest BCUT2D eigenvalue weighted by molar-refractivity contribution is 5.99. The van der Waals surface area contributed by atoms with Crippen molar-refractivity contribution in [3.8, 4) is 5.75 Å². The summed E-state index contributed by atoms with van der Waals surface area (Å²) in [5.41, 5.74) is 6.21. The smallest absolute Gasteiger partial charge is 0.251 e. The highest BCUT2D eigenvalue weighted by Gasteiger charge is 2.28. The number of carbonyl (C=O) groups is 2. The molecule has 0 bridgehead atoms. The van der Waals surface area contributed by atoms with Crippen molar-refractivity contribution in [3.63, 3.8) is 0 Å². The van der Waals surface area contributed by atoms with Crippen molar-refractivity contribution in [3.05, 3.63) is 94.5 Å². The molecule has 44 heavy (non-hydrogen) atoms. The van der Waals surface area contributed by atoms with Gasteiger partial charge in [0.1, 0.15) is 5.75 Å². The fraction of sp³-hybridized carbons (Fsp3) is 0.459. The third kappa shape index (κ3) is 7.16. The van der Waals surface area contributed by atoms with E-state index in [1.807, 2.05) is 53.4 Å². The molecule has 3 aromatic carbocycles. The number of carbonyl (C=O) groups excluding carboxylic acids is 2. The summed E-state index contributed by atoms with van der Waals surface area (Å²) in [4.78, 5) is 28.4. The lowest BCUT2D eigenvalue weighted by atomic mass is 9.88. The fourth-order valence-corrected chi connectivity index (χ4v) is 7.20. The molecule has 1 saturated heterocycles. The molecule has 3 unspecified atom stereocenters. The van der Waals surface area contributed by atoms with Crippen LogP contribution in [-0.4, -0.2) is 55.3 Å². The first-order valence-electron chi connectivity index (χ1n) is 16.3. The molecule has 3 atom stereocenters. The number of amides is 2. The predicted molar refractivity (Wildman–Crippen MR) is 173 cm³/mol. The third-order valence-corrected chi connectivity index (χ3v) is 9.75. The summed E-state index contributed by atoms with van der Waals surface area (Å²) < 4.78 is 5.43. The van der Waals surface area contributed by atoms with Crippen LogP contribution < -0.4 is 20.3 Å². The van der Waals surface area contributed by atoms with E-state index in [0.29, 0.717) is 37.4 Å². The van der Waals surface area contributed by atoms with Crippen molar-refractivity contribution in [1.29, 1.82) is 0 Å². The number of aryl methyl sites for hydroxylation is 1. The Morgan fingerprint density at radius 2 is 1.80 bits per heavy atom. The summed E-state index contributed by atoms with van der Waals surface area (Å²) in [6.07, 6.45) is 8.57. The van der Waals surface area contributed by atoms with E-state index >= 15 is 0 Å². The van der Waals surface area contributed by atoms with Crippen molar-refractivity contribution in [1.82, 2.24) is 10.6 Å². The van der Waals surface area contributed by atoms with E-state index in [9.17, 15) is 14.7 Å². The summed E-state index contributed by atoms with van der Waals surface area (Å²) in [5.74, 6) is 1.18. The Morgan fingerprint density at radius 1 is 0.977 bits per heavy atom. The third-order valence-electron chi connectivity index (χ3n) is 9.75. The molecule has 6 rings (SSSR count). The summed E-state index contributed by atoms with van der Waals surface area (Å²) in [6.45, 7) is 1.06. The monoisotopic (exact) mass is 595 g/mol. The van der Waals surface area contributed by atoms with E-state index in [-0.39, 0.29) is 17.9 Å². The van der Waals surface area contributed by atoms with Crippen LogP contribution in [0, 0.1) is 0 Å². The zero-order valence-electron chi connectivity index (χ0n) is 25.8. The Bertz CT molecular complexity index is 1450. The van der Waals surface area contributed by atoms with Gasteiger partial charge in [-0.3, -0.25) is 9.59 Å². The van der Waals surface area contributed by atoms with Crippen LogP contribution in [-0.2, 0) is 24.1 Å². The predicted octanol–water partition coefficient (Wildman–Crippen LogP) is 5.33. The molecule has 0 aromatic heterocycles. The normalized spacial score (nSPS) is 19.9. The number of anilines is 1. The molecule has 1 aliphatic heterocycles. The minimum atomic E-state index is -0.788. The van der Waals surface area contributed by atoms with Crippen LogP contribution in [0.15, 0.2) is 66.7 Å². The molecule has 0 spiro atoms. The van der Waals surface area contributed by atoms with Gasteiger partial charge < -0.3 is 25.4 Å². The summed E-state index contributed by atoms with van der Waals surface area (Å²) in [5, 5.41) is 18.3. The first kappa shape index (κ1) is 30.4. The Morgan fingerprint density at radius 3 is 2.55 bits per heavy atom. The van der Waals surface area contributed by atoms with E-state index < -0.39 is 12.1 Å². The van der Waals surface area contributed by atoms with Gasteiger partial charge in [0.25, 0.3) is 5.91 Å². The Kier molecular flexibility index (Phi) is 9.63. The molecule has 3 N–H and O–H groups in total. The lowest BCUT2D eigenvalue weighted by Crippen LogP contribution is -2.50. The van der Waals surface area contributed by atoms with Crippen LogP contribution in [0.1, 0.15) is 83.5 Å². The second kappa shape index (κ2) is 14.0. The highest BCUT2D eigenvalue weighted by Crippen LogP contribution is 2.37. The quantitative estimate of drug-likeness (QED) is 0.279. The van der Waals surface area contributed by atoms with Crippen molar-refractivity contribution in [2.75, 3.05) is 25.1 Å².